The minimum Gasteiger partial charge on any atom is -0.466 e. The molecule has 0 bridgehead atoms. The van der Waals surface area contributed by atoms with E-state index in [1.807, 2.05) is 0 Å². The smallest absolute Gasteiger partial charge is 0.309 e. The van der Waals surface area contributed by atoms with Crippen LogP contribution in [0.25, 0.3) is 0 Å². The molecule has 2 rings (SSSR count). The number of aliphatic hydroxyl groups excluding tert-OH is 1. The van der Waals surface area contributed by atoms with Crippen molar-refractivity contribution < 1.29 is 19.4 Å². The van der Waals surface area contributed by atoms with Crippen molar-refractivity contribution in [3.05, 3.63) is 0 Å². The van der Waals surface area contributed by atoms with Crippen molar-refractivity contribution in [2.75, 3.05) is 6.61 Å². The SMILES string of the molecule is CCOC(=O)[C@@H]1CC(O)C[C@H]1C(=O)NC1(C#N)CC1. The Morgan fingerprint density at radius 2 is 2.05 bits per heavy atom. The van der Waals surface area contributed by atoms with Gasteiger partial charge in [-0.2, -0.15) is 5.26 Å². The van der Waals surface area contributed by atoms with Gasteiger partial charge in [0.25, 0.3) is 0 Å². The molecule has 0 heterocycles. The number of esters is 1. The highest BCUT2D eigenvalue weighted by atomic mass is 16.5. The van der Waals surface area contributed by atoms with Crippen molar-refractivity contribution in [1.82, 2.24) is 5.32 Å². The Bertz CT molecular complexity index is 425. The molecule has 0 aromatic carbocycles. The van der Waals surface area contributed by atoms with Crippen LogP contribution in [-0.4, -0.2) is 35.2 Å². The summed E-state index contributed by atoms with van der Waals surface area (Å²) in [7, 11) is 0. The van der Waals surface area contributed by atoms with Crippen molar-refractivity contribution >= 4 is 11.9 Å². The van der Waals surface area contributed by atoms with E-state index in [2.05, 4.69) is 11.4 Å². The van der Waals surface area contributed by atoms with E-state index in [0.29, 0.717) is 12.8 Å². The molecule has 0 aliphatic heterocycles. The number of aliphatic hydroxyl groups is 1. The molecule has 0 aromatic heterocycles. The molecule has 1 unspecified atom stereocenters. The Morgan fingerprint density at radius 1 is 1.42 bits per heavy atom. The molecule has 2 aliphatic carbocycles. The molecule has 0 spiro atoms. The Morgan fingerprint density at radius 3 is 2.58 bits per heavy atom. The summed E-state index contributed by atoms with van der Waals surface area (Å²) in [5.74, 6) is -1.97. The molecule has 2 aliphatic rings. The van der Waals surface area contributed by atoms with Crippen LogP contribution in [0.4, 0.5) is 0 Å². The number of rotatable bonds is 4. The summed E-state index contributed by atoms with van der Waals surface area (Å²) in [6, 6.07) is 2.08. The average Bonchev–Trinajstić information content (AvgIpc) is 3.03. The van der Waals surface area contributed by atoms with E-state index in [1.54, 1.807) is 6.92 Å². The number of nitriles is 1. The Labute approximate surface area is 111 Å². The van der Waals surface area contributed by atoms with Gasteiger partial charge in [0.05, 0.1) is 30.6 Å². The highest BCUT2D eigenvalue weighted by molar-refractivity contribution is 5.87. The summed E-state index contributed by atoms with van der Waals surface area (Å²) in [6.07, 6.45) is 1.12. The summed E-state index contributed by atoms with van der Waals surface area (Å²) < 4.78 is 4.93. The molecule has 2 fully saturated rings. The van der Waals surface area contributed by atoms with Gasteiger partial charge in [-0.15, -0.1) is 0 Å². The van der Waals surface area contributed by atoms with Crippen LogP contribution in [0.5, 0.6) is 0 Å². The monoisotopic (exact) mass is 266 g/mol. The largest absolute Gasteiger partial charge is 0.466 e. The molecular formula is C13H18N2O4. The number of ether oxygens (including phenoxy) is 1. The zero-order valence-electron chi connectivity index (χ0n) is 10.9. The maximum absolute atomic E-state index is 12.1. The van der Waals surface area contributed by atoms with Crippen LogP contribution in [0, 0.1) is 23.2 Å². The van der Waals surface area contributed by atoms with Crippen LogP contribution >= 0.6 is 0 Å². The summed E-state index contributed by atoms with van der Waals surface area (Å²) in [4.78, 5) is 23.9. The second-order valence-corrected chi connectivity index (χ2v) is 5.27. The van der Waals surface area contributed by atoms with Gasteiger partial charge in [0.15, 0.2) is 0 Å². The van der Waals surface area contributed by atoms with E-state index in [9.17, 15) is 14.7 Å². The zero-order chi connectivity index (χ0) is 14.0. The van der Waals surface area contributed by atoms with Crippen LogP contribution in [0.2, 0.25) is 0 Å². The van der Waals surface area contributed by atoms with Gasteiger partial charge >= 0.3 is 5.97 Å². The first-order valence-corrected chi connectivity index (χ1v) is 6.59. The maximum atomic E-state index is 12.1. The molecule has 1 amide bonds. The number of nitrogens with one attached hydrogen (secondary N) is 1. The number of carbonyl (C=O) groups is 2. The lowest BCUT2D eigenvalue weighted by atomic mass is 9.95. The summed E-state index contributed by atoms with van der Waals surface area (Å²) in [6.45, 7) is 1.95. The minimum atomic E-state index is -0.746. The van der Waals surface area contributed by atoms with Gasteiger partial charge in [-0.05, 0) is 32.6 Å². The second-order valence-electron chi connectivity index (χ2n) is 5.27. The van der Waals surface area contributed by atoms with Gasteiger partial charge in [0.2, 0.25) is 5.91 Å². The molecule has 0 saturated heterocycles. The number of nitrogens with zero attached hydrogens (tertiary/aromatic N) is 1. The third-order valence-corrected chi connectivity index (χ3v) is 3.79. The Hall–Kier alpha value is -1.61. The molecular weight excluding hydrogens is 248 g/mol. The molecule has 2 saturated carbocycles. The van der Waals surface area contributed by atoms with Crippen molar-refractivity contribution in [2.24, 2.45) is 11.8 Å². The number of amides is 1. The summed E-state index contributed by atoms with van der Waals surface area (Å²) in [5.41, 5.74) is -0.746. The fraction of sp³-hybridized carbons (Fsp3) is 0.769. The third-order valence-electron chi connectivity index (χ3n) is 3.79. The Kier molecular flexibility index (Phi) is 3.76. The fourth-order valence-electron chi connectivity index (χ4n) is 2.53. The van der Waals surface area contributed by atoms with Crippen LogP contribution in [0.1, 0.15) is 32.6 Å². The van der Waals surface area contributed by atoms with Crippen molar-refractivity contribution in [2.45, 2.75) is 44.2 Å². The zero-order valence-corrected chi connectivity index (χ0v) is 10.9. The maximum Gasteiger partial charge on any atom is 0.309 e. The van der Waals surface area contributed by atoms with Crippen LogP contribution in [0.15, 0.2) is 0 Å². The Balaban J connectivity index is 2.02. The quantitative estimate of drug-likeness (QED) is 0.703. The van der Waals surface area contributed by atoms with Gasteiger partial charge in [0, 0.05) is 0 Å². The van der Waals surface area contributed by atoms with E-state index in [-0.39, 0.29) is 25.4 Å². The normalized spacial score (nSPS) is 31.3. The van der Waals surface area contributed by atoms with Gasteiger partial charge in [0.1, 0.15) is 5.54 Å². The lowest BCUT2D eigenvalue weighted by Gasteiger charge is -2.19. The molecule has 6 nitrogen and oxygen atoms in total. The lowest BCUT2D eigenvalue weighted by Crippen LogP contribution is -2.42. The average molecular weight is 266 g/mol. The van der Waals surface area contributed by atoms with E-state index < -0.39 is 29.4 Å². The van der Waals surface area contributed by atoms with Crippen molar-refractivity contribution in [3.8, 4) is 6.07 Å². The molecule has 6 heteroatoms. The summed E-state index contributed by atoms with van der Waals surface area (Å²) in [5, 5.41) is 21.3. The van der Waals surface area contributed by atoms with Crippen LogP contribution < -0.4 is 5.32 Å². The van der Waals surface area contributed by atoms with Gasteiger partial charge in [-0.1, -0.05) is 0 Å². The first-order chi connectivity index (χ1) is 9.01. The van der Waals surface area contributed by atoms with Crippen molar-refractivity contribution in [1.29, 1.82) is 5.26 Å². The fourth-order valence-corrected chi connectivity index (χ4v) is 2.53. The second kappa shape index (κ2) is 5.17. The third kappa shape index (κ3) is 2.87. The molecule has 19 heavy (non-hydrogen) atoms. The van der Waals surface area contributed by atoms with E-state index in [1.165, 1.54) is 0 Å². The first-order valence-electron chi connectivity index (χ1n) is 6.59. The molecule has 104 valence electrons. The highest BCUT2D eigenvalue weighted by Gasteiger charge is 2.49. The molecule has 3 atom stereocenters. The number of hydrogen-bond acceptors (Lipinski definition) is 5. The predicted octanol–water partition coefficient (Wildman–Crippen LogP) is 0.109. The van der Waals surface area contributed by atoms with Gasteiger partial charge in [-0.3, -0.25) is 9.59 Å². The van der Waals surface area contributed by atoms with E-state index >= 15 is 0 Å². The molecule has 2 N–H and O–H groups in total. The topological polar surface area (TPSA) is 99.4 Å². The predicted molar refractivity (Wildman–Crippen MR) is 64.6 cm³/mol. The lowest BCUT2D eigenvalue weighted by molar-refractivity contribution is -0.151. The van der Waals surface area contributed by atoms with Crippen LogP contribution in [0.3, 0.4) is 0 Å². The number of hydrogen-bond donors (Lipinski definition) is 2. The molecule has 0 radical (unpaired) electrons. The van der Waals surface area contributed by atoms with Gasteiger partial charge in [-0.25, -0.2) is 0 Å². The van der Waals surface area contributed by atoms with Crippen LogP contribution in [-0.2, 0) is 14.3 Å². The highest BCUT2D eigenvalue weighted by Crippen LogP contribution is 2.38. The van der Waals surface area contributed by atoms with Crippen molar-refractivity contribution in [3.63, 3.8) is 0 Å². The standard InChI is InChI=1S/C13H18N2O4/c1-2-19-12(18)10-6-8(16)5-9(10)11(17)15-13(7-14)3-4-13/h8-10,16H,2-6H2,1H3,(H,15,17)/t8?,9-,10-/m1/s1. The van der Waals surface area contributed by atoms with E-state index in [4.69, 9.17) is 10.00 Å². The molecule has 0 aromatic rings. The first kappa shape index (κ1) is 13.8. The minimum absolute atomic E-state index is 0.247. The summed E-state index contributed by atoms with van der Waals surface area (Å²) >= 11 is 0. The van der Waals surface area contributed by atoms with E-state index in [0.717, 1.165) is 0 Å². The number of carbonyl (C=O) groups excluding carboxylic acids is 2. The van der Waals surface area contributed by atoms with Gasteiger partial charge < -0.3 is 15.2 Å².